The topological polar surface area (TPSA) is 66.2 Å². The molecule has 1 aliphatic heterocycles. The number of aliphatic hydroxyl groups excluding tert-OH is 1. The van der Waals surface area contributed by atoms with Gasteiger partial charge in [0.15, 0.2) is 0 Å². The first-order chi connectivity index (χ1) is 12.0. The number of carbonyl (C=O) groups excluding carboxylic acids is 1. The summed E-state index contributed by atoms with van der Waals surface area (Å²) in [5, 5.41) is 10.1. The Morgan fingerprint density at radius 3 is 2.64 bits per heavy atom. The molecular formula is C19H24N2O4. The zero-order chi connectivity index (χ0) is 17.8. The van der Waals surface area contributed by atoms with Gasteiger partial charge in [-0.2, -0.15) is 0 Å². The highest BCUT2D eigenvalue weighted by atomic mass is 16.5. The zero-order valence-electron chi connectivity index (χ0n) is 14.6. The first-order valence-electron chi connectivity index (χ1n) is 8.44. The Kier molecular flexibility index (Phi) is 5.40. The van der Waals surface area contributed by atoms with E-state index in [0.29, 0.717) is 26.2 Å². The lowest BCUT2D eigenvalue weighted by atomic mass is 10.2. The molecule has 6 nitrogen and oxygen atoms in total. The minimum Gasteiger partial charge on any atom is -0.497 e. The Hall–Kier alpha value is -2.31. The maximum Gasteiger partial charge on any atom is 0.219 e. The van der Waals surface area contributed by atoms with Crippen molar-refractivity contribution in [2.75, 3.05) is 33.3 Å². The van der Waals surface area contributed by atoms with Crippen LogP contribution in [0.1, 0.15) is 12.7 Å². The fraction of sp³-hybridized carbons (Fsp3) is 0.421. The normalized spacial score (nSPS) is 18.8. The molecule has 1 aromatic heterocycles. The lowest BCUT2D eigenvalue weighted by Gasteiger charge is -2.19. The largest absolute Gasteiger partial charge is 0.497 e. The molecular weight excluding hydrogens is 320 g/mol. The number of hydrogen-bond acceptors (Lipinski definition) is 5. The summed E-state index contributed by atoms with van der Waals surface area (Å²) in [6, 6.07) is 11.6. The van der Waals surface area contributed by atoms with E-state index in [-0.39, 0.29) is 5.91 Å². The maximum atomic E-state index is 11.5. The van der Waals surface area contributed by atoms with Gasteiger partial charge in [0.2, 0.25) is 5.91 Å². The van der Waals surface area contributed by atoms with Crippen LogP contribution in [-0.2, 0) is 11.3 Å². The minimum absolute atomic E-state index is 0.000639. The van der Waals surface area contributed by atoms with Crippen molar-refractivity contribution in [3.05, 3.63) is 42.2 Å². The highest BCUT2D eigenvalue weighted by Crippen LogP contribution is 2.25. The number of aliphatic hydroxyl groups is 1. The summed E-state index contributed by atoms with van der Waals surface area (Å²) in [5.41, 5.74) is 0.991. The average molecular weight is 344 g/mol. The number of nitrogens with zero attached hydrogens (tertiary/aromatic N) is 2. The molecule has 25 heavy (non-hydrogen) atoms. The second-order valence-corrected chi connectivity index (χ2v) is 6.35. The standard InChI is InChI=1S/C19H24N2O4/c1-14(22)21-10-9-20(11-16(23)12-21)13-18-7-8-19(25-18)15-3-5-17(24-2)6-4-15/h3-8,16,23H,9-13H2,1-2H3. The number of amides is 1. The van der Waals surface area contributed by atoms with Gasteiger partial charge in [0.25, 0.3) is 0 Å². The van der Waals surface area contributed by atoms with E-state index in [2.05, 4.69) is 4.90 Å². The number of furan rings is 1. The molecule has 2 heterocycles. The Bertz CT molecular complexity index is 710. The van der Waals surface area contributed by atoms with Crippen LogP contribution in [0.3, 0.4) is 0 Å². The number of carbonyl (C=O) groups is 1. The quantitative estimate of drug-likeness (QED) is 0.919. The molecule has 0 aliphatic carbocycles. The highest BCUT2D eigenvalue weighted by Gasteiger charge is 2.23. The van der Waals surface area contributed by atoms with Gasteiger partial charge in [-0.3, -0.25) is 9.69 Å². The molecule has 1 atom stereocenters. The SMILES string of the molecule is COc1ccc(-c2ccc(CN3CCN(C(C)=O)CC(O)C3)o2)cc1. The predicted octanol–water partition coefficient (Wildman–Crippen LogP) is 1.98. The van der Waals surface area contributed by atoms with E-state index < -0.39 is 6.10 Å². The molecule has 1 fully saturated rings. The van der Waals surface area contributed by atoms with E-state index in [0.717, 1.165) is 29.4 Å². The fourth-order valence-corrected chi connectivity index (χ4v) is 3.08. The lowest BCUT2D eigenvalue weighted by molar-refractivity contribution is -0.129. The molecule has 6 heteroatoms. The lowest BCUT2D eigenvalue weighted by Crippen LogP contribution is -2.36. The Labute approximate surface area is 147 Å². The number of methoxy groups -OCH3 is 1. The zero-order valence-corrected chi connectivity index (χ0v) is 14.6. The molecule has 1 unspecified atom stereocenters. The number of β-amino-alcohol motifs (C(OH)–C–C–N with tert-alkyl or cyclic N) is 1. The van der Waals surface area contributed by atoms with Gasteiger partial charge in [-0.1, -0.05) is 0 Å². The smallest absolute Gasteiger partial charge is 0.219 e. The fourth-order valence-electron chi connectivity index (χ4n) is 3.08. The van der Waals surface area contributed by atoms with E-state index in [1.165, 1.54) is 6.92 Å². The van der Waals surface area contributed by atoms with Crippen molar-refractivity contribution >= 4 is 5.91 Å². The van der Waals surface area contributed by atoms with Crippen LogP contribution in [0.15, 0.2) is 40.8 Å². The van der Waals surface area contributed by atoms with Gasteiger partial charge in [0.1, 0.15) is 17.3 Å². The van der Waals surface area contributed by atoms with Crippen LogP contribution in [0.5, 0.6) is 5.75 Å². The summed E-state index contributed by atoms with van der Waals surface area (Å²) in [4.78, 5) is 15.3. The van der Waals surface area contributed by atoms with Crippen LogP contribution in [0.25, 0.3) is 11.3 Å². The third-order valence-corrected chi connectivity index (χ3v) is 4.45. The van der Waals surface area contributed by atoms with Crippen LogP contribution in [-0.4, -0.2) is 60.2 Å². The summed E-state index contributed by atoms with van der Waals surface area (Å²) in [5.74, 6) is 2.46. The molecule has 0 spiro atoms. The summed E-state index contributed by atoms with van der Waals surface area (Å²) >= 11 is 0. The number of hydrogen-bond donors (Lipinski definition) is 1. The maximum absolute atomic E-state index is 11.5. The van der Waals surface area contributed by atoms with Crippen LogP contribution in [0.2, 0.25) is 0 Å². The molecule has 2 aromatic rings. The van der Waals surface area contributed by atoms with Gasteiger partial charge in [0, 0.05) is 38.7 Å². The second kappa shape index (κ2) is 7.72. The Morgan fingerprint density at radius 1 is 1.20 bits per heavy atom. The van der Waals surface area contributed by atoms with Gasteiger partial charge in [-0.05, 0) is 36.4 Å². The second-order valence-electron chi connectivity index (χ2n) is 6.35. The first-order valence-corrected chi connectivity index (χ1v) is 8.44. The average Bonchev–Trinajstić information content (AvgIpc) is 2.98. The van der Waals surface area contributed by atoms with Gasteiger partial charge in [-0.15, -0.1) is 0 Å². The number of ether oxygens (including phenoxy) is 1. The van der Waals surface area contributed by atoms with E-state index in [9.17, 15) is 9.90 Å². The van der Waals surface area contributed by atoms with E-state index in [4.69, 9.17) is 9.15 Å². The predicted molar refractivity (Wildman–Crippen MR) is 94.2 cm³/mol. The molecule has 0 bridgehead atoms. The summed E-state index contributed by atoms with van der Waals surface area (Å²) in [7, 11) is 1.64. The number of rotatable bonds is 4. The number of benzene rings is 1. The molecule has 0 saturated carbocycles. The van der Waals surface area contributed by atoms with Gasteiger partial charge in [0.05, 0.1) is 19.8 Å². The van der Waals surface area contributed by atoms with Gasteiger partial charge < -0.3 is 19.2 Å². The van der Waals surface area contributed by atoms with Crippen molar-refractivity contribution in [1.82, 2.24) is 9.80 Å². The molecule has 0 radical (unpaired) electrons. The summed E-state index contributed by atoms with van der Waals surface area (Å²) < 4.78 is 11.1. The van der Waals surface area contributed by atoms with Crippen molar-refractivity contribution in [3.8, 4) is 17.1 Å². The van der Waals surface area contributed by atoms with Gasteiger partial charge in [-0.25, -0.2) is 0 Å². The van der Waals surface area contributed by atoms with Crippen molar-refractivity contribution < 1.29 is 19.1 Å². The summed E-state index contributed by atoms with van der Waals surface area (Å²) in [6.45, 7) is 4.41. The molecule has 1 N–H and O–H groups in total. The minimum atomic E-state index is -0.539. The van der Waals surface area contributed by atoms with Crippen molar-refractivity contribution in [2.45, 2.75) is 19.6 Å². The van der Waals surface area contributed by atoms with E-state index >= 15 is 0 Å². The van der Waals surface area contributed by atoms with Crippen molar-refractivity contribution in [1.29, 1.82) is 0 Å². The molecule has 1 amide bonds. The van der Waals surface area contributed by atoms with Crippen LogP contribution >= 0.6 is 0 Å². The third-order valence-electron chi connectivity index (χ3n) is 4.45. The molecule has 1 aliphatic rings. The van der Waals surface area contributed by atoms with Crippen molar-refractivity contribution in [3.63, 3.8) is 0 Å². The van der Waals surface area contributed by atoms with E-state index in [1.807, 2.05) is 36.4 Å². The Balaban J connectivity index is 1.65. The molecule has 3 rings (SSSR count). The monoisotopic (exact) mass is 344 g/mol. The van der Waals surface area contributed by atoms with Gasteiger partial charge >= 0.3 is 0 Å². The summed E-state index contributed by atoms with van der Waals surface area (Å²) in [6.07, 6.45) is -0.539. The molecule has 1 saturated heterocycles. The van der Waals surface area contributed by atoms with Crippen LogP contribution in [0.4, 0.5) is 0 Å². The Morgan fingerprint density at radius 2 is 1.96 bits per heavy atom. The highest BCUT2D eigenvalue weighted by molar-refractivity contribution is 5.73. The van der Waals surface area contributed by atoms with Crippen LogP contribution in [0, 0.1) is 0 Å². The van der Waals surface area contributed by atoms with Crippen LogP contribution < -0.4 is 4.74 Å². The molecule has 1 aromatic carbocycles. The first kappa shape index (κ1) is 17.5. The van der Waals surface area contributed by atoms with Crippen molar-refractivity contribution in [2.24, 2.45) is 0 Å². The van der Waals surface area contributed by atoms with E-state index in [1.54, 1.807) is 12.0 Å². The molecule has 134 valence electrons. The third kappa shape index (κ3) is 4.41.